The normalized spacial score (nSPS) is 10.8. The van der Waals surface area contributed by atoms with E-state index >= 15 is 0 Å². The molecule has 0 bridgehead atoms. The molecule has 0 saturated heterocycles. The minimum Gasteiger partial charge on any atom is -0.399 e. The van der Waals surface area contributed by atoms with Gasteiger partial charge in [0, 0.05) is 52.4 Å². The molecular weight excluding hydrogens is 999 g/mol. The van der Waals surface area contributed by atoms with Crippen molar-refractivity contribution < 1.29 is 9.85 Å². The molecule has 0 radical (unpaired) electrons. The third-order valence-corrected chi connectivity index (χ3v) is 16.6. The van der Waals surface area contributed by atoms with Gasteiger partial charge in [-0.05, 0) is 136 Å². The van der Waals surface area contributed by atoms with Crippen molar-refractivity contribution in [2.24, 2.45) is 0 Å². The van der Waals surface area contributed by atoms with Crippen LogP contribution in [0.15, 0.2) is 114 Å². The number of hydrogen-bond acceptors (Lipinski definition) is 13. The maximum atomic E-state index is 10.9. The van der Waals surface area contributed by atoms with Crippen molar-refractivity contribution in [2.75, 3.05) is 5.73 Å². The van der Waals surface area contributed by atoms with Gasteiger partial charge < -0.3 is 5.73 Å². The van der Waals surface area contributed by atoms with Gasteiger partial charge in [0.15, 0.2) is 8.68 Å². The molecule has 10 nitrogen and oxygen atoms in total. The Balaban J connectivity index is 0.000000150. The first kappa shape index (κ1) is 49.9. The zero-order valence-electron chi connectivity index (χ0n) is 35.8. The number of fused-ring (bicyclic) bond motifs is 3. The van der Waals surface area contributed by atoms with E-state index in [1.165, 1.54) is 62.1 Å². The van der Waals surface area contributed by atoms with Crippen LogP contribution in [-0.4, -0.2) is 24.8 Å². The quantitative estimate of drug-likeness (QED) is 0.0737. The molecule has 0 unspecified atom stereocenters. The van der Waals surface area contributed by atoms with Gasteiger partial charge in [0.1, 0.15) is 0 Å². The molecular formula is C46H40Cl3N6O4S6+. The Bertz CT molecular complexity index is 3180. The highest BCUT2D eigenvalue weighted by atomic mass is 35.5. The number of benzene rings is 6. The van der Waals surface area contributed by atoms with Crippen molar-refractivity contribution in [1.29, 1.82) is 0 Å². The van der Waals surface area contributed by atoms with E-state index in [0.717, 1.165) is 66.3 Å². The summed E-state index contributed by atoms with van der Waals surface area (Å²) in [6.45, 7) is 13.7. The topological polar surface area (TPSA) is 151 Å². The Morgan fingerprint density at radius 1 is 0.538 bits per heavy atom. The summed E-state index contributed by atoms with van der Waals surface area (Å²) >= 11 is 29.6. The maximum absolute atomic E-state index is 10.9. The Kier molecular flexibility index (Phi) is 16.8. The second kappa shape index (κ2) is 21.9. The van der Waals surface area contributed by atoms with Crippen LogP contribution in [0.1, 0.15) is 38.9 Å². The average molecular weight is 1040 g/mol. The van der Waals surface area contributed by atoms with E-state index in [-0.39, 0.29) is 11.4 Å². The van der Waals surface area contributed by atoms with Crippen LogP contribution >= 0.6 is 92.3 Å². The summed E-state index contributed by atoms with van der Waals surface area (Å²) in [5, 5.41) is 22.7. The molecule has 0 aliphatic heterocycles. The fraction of sp³-hybridized carbons (Fsp3) is 0.152. The van der Waals surface area contributed by atoms with Crippen LogP contribution in [0.25, 0.3) is 30.6 Å². The lowest BCUT2D eigenvalue weighted by Gasteiger charge is -2.07. The number of anilines is 1. The second-order valence-corrected chi connectivity index (χ2v) is 22.4. The molecule has 0 amide bonds. The summed E-state index contributed by atoms with van der Waals surface area (Å²) in [7, 11) is 0. The van der Waals surface area contributed by atoms with Crippen molar-refractivity contribution in [3.8, 4) is 0 Å². The fourth-order valence-corrected chi connectivity index (χ4v) is 12.4. The van der Waals surface area contributed by atoms with Crippen LogP contribution in [-0.2, 0) is 12.6 Å². The third kappa shape index (κ3) is 13.1. The van der Waals surface area contributed by atoms with Gasteiger partial charge in [-0.15, -0.1) is 22.7 Å². The van der Waals surface area contributed by atoms with Crippen molar-refractivity contribution in [1.82, 2.24) is 15.0 Å². The zero-order chi connectivity index (χ0) is 47.3. The predicted octanol–water partition coefficient (Wildman–Crippen LogP) is 15.8. The van der Waals surface area contributed by atoms with Crippen molar-refractivity contribution in [2.45, 2.75) is 71.3 Å². The number of aromatic nitrogens is 3. The minimum absolute atomic E-state index is 0.00627. The largest absolute Gasteiger partial charge is 0.399 e. The molecule has 0 aliphatic carbocycles. The molecule has 3 heterocycles. The summed E-state index contributed by atoms with van der Waals surface area (Å²) < 4.78 is 6.37. The van der Waals surface area contributed by atoms with Gasteiger partial charge in [-0.2, -0.15) is 4.98 Å². The molecule has 9 rings (SSSR count). The predicted molar refractivity (Wildman–Crippen MR) is 281 cm³/mol. The Morgan fingerprint density at radius 3 is 1.37 bits per heavy atom. The van der Waals surface area contributed by atoms with E-state index in [1.807, 2.05) is 39.8 Å². The van der Waals surface area contributed by atoms with Crippen LogP contribution in [0.4, 0.5) is 17.1 Å². The monoisotopic (exact) mass is 1040 g/mol. The van der Waals surface area contributed by atoms with Crippen molar-refractivity contribution in [3.63, 3.8) is 0 Å². The van der Waals surface area contributed by atoms with E-state index < -0.39 is 9.85 Å². The average Bonchev–Trinajstić information content (AvgIpc) is 3.94. The second-order valence-electron chi connectivity index (χ2n) is 14.7. The summed E-state index contributed by atoms with van der Waals surface area (Å²) in [4.78, 5) is 35.7. The molecule has 0 saturated carbocycles. The number of rotatable bonds is 6. The lowest BCUT2D eigenvalue weighted by Crippen LogP contribution is -1.91. The molecule has 0 aliphatic rings. The van der Waals surface area contributed by atoms with Gasteiger partial charge in [-0.3, -0.25) is 20.2 Å². The number of nitrogen functional groups attached to an aromatic ring is 1. The number of halogens is 3. The maximum Gasteiger partial charge on any atom is 0.300 e. The Hall–Kier alpha value is -4.49. The van der Waals surface area contributed by atoms with E-state index in [0.29, 0.717) is 20.8 Å². The number of nitro benzene ring substituents is 2. The lowest BCUT2D eigenvalue weighted by atomic mass is 10.1. The van der Waals surface area contributed by atoms with Gasteiger partial charge in [0.05, 0.1) is 55.6 Å². The zero-order valence-corrected chi connectivity index (χ0v) is 43.1. The van der Waals surface area contributed by atoms with Gasteiger partial charge in [-0.1, -0.05) is 87.9 Å². The molecule has 334 valence electrons. The fourth-order valence-electron chi connectivity index (χ4n) is 6.07. The van der Waals surface area contributed by atoms with Gasteiger partial charge >= 0.3 is 0 Å². The van der Waals surface area contributed by atoms with Crippen LogP contribution in [0, 0.1) is 68.7 Å². The molecule has 0 fully saturated rings. The smallest absolute Gasteiger partial charge is 0.300 e. The Morgan fingerprint density at radius 2 is 0.938 bits per heavy atom. The van der Waals surface area contributed by atoms with Gasteiger partial charge in [-0.25, -0.2) is 9.97 Å². The summed E-state index contributed by atoms with van der Waals surface area (Å²) in [6, 6.07) is 28.3. The molecule has 9 aromatic rings. The Labute approximate surface area is 416 Å². The first-order valence-electron chi connectivity index (χ1n) is 19.3. The minimum atomic E-state index is -0.446. The molecule has 2 N–H and O–H groups in total. The SMILES string of the molecule is Cc1cc([N+](=O)[O-])cc(Cl)c1C.Cc1ccc2sc(Sc3c(C)cc(N)cc3Cl)nc2c1.Cc1ccc2sc(Sc3c(C)cc([N+](=O)[O-])cc3Cl)nc2c1.Cc1ccc2sc([SH2+])nc2c1. The summed E-state index contributed by atoms with van der Waals surface area (Å²) in [6.07, 6.45) is 0. The van der Waals surface area contributed by atoms with Crippen LogP contribution < -0.4 is 5.73 Å². The van der Waals surface area contributed by atoms with Crippen LogP contribution in [0.3, 0.4) is 0 Å². The third-order valence-electron chi connectivity index (χ3n) is 9.44. The highest BCUT2D eigenvalue weighted by Crippen LogP contribution is 2.42. The lowest BCUT2D eigenvalue weighted by molar-refractivity contribution is -0.385. The van der Waals surface area contributed by atoms with E-state index in [2.05, 4.69) is 90.0 Å². The highest BCUT2D eigenvalue weighted by molar-refractivity contribution is 8.01. The van der Waals surface area contributed by atoms with Crippen molar-refractivity contribution in [3.05, 3.63) is 165 Å². The van der Waals surface area contributed by atoms with Gasteiger partial charge in [0.2, 0.25) is 0 Å². The number of hydrogen-bond donors (Lipinski definition) is 1. The van der Waals surface area contributed by atoms with Crippen LogP contribution in [0.2, 0.25) is 15.1 Å². The standard InChI is InChI=1S/C15H11ClN2O2S2.C15H13ClN2S2.C8H8ClNO2.C8H7NS2/c1-8-3-4-13-12(5-8)17-15(21-13)22-14-9(2)6-10(18(19)20)7-11(14)16;1-8-3-4-13-12(5-8)18-15(19-13)20-14-9(2)6-10(17)7-11(14)16;1-5-3-7(10(11)12)4-8(9)6(5)2;1-5-2-3-7-6(4-5)9-8(10)11-7/h3-7H,1-2H3;3-7H,17H2,1-2H3;3-4H,1-2H3;2-4H,1H3,(H,9,10)/p+1. The first-order valence-corrected chi connectivity index (χ1v) is 25.1. The van der Waals surface area contributed by atoms with E-state index in [9.17, 15) is 20.2 Å². The van der Waals surface area contributed by atoms with E-state index in [4.69, 9.17) is 40.5 Å². The van der Waals surface area contributed by atoms with Crippen molar-refractivity contribution >= 4 is 153 Å². The number of nitro groups is 2. The number of non-ortho nitro benzene ring substituents is 2. The summed E-state index contributed by atoms with van der Waals surface area (Å²) in [5.41, 5.74) is 16.9. The molecule has 65 heavy (non-hydrogen) atoms. The molecule has 6 aromatic carbocycles. The number of nitrogens with zero attached hydrogens (tertiary/aromatic N) is 5. The summed E-state index contributed by atoms with van der Waals surface area (Å²) in [5.74, 6) is 0. The van der Waals surface area contributed by atoms with Crippen LogP contribution in [0.5, 0.6) is 0 Å². The molecule has 19 heteroatoms. The van der Waals surface area contributed by atoms with E-state index in [1.54, 1.807) is 58.8 Å². The molecule has 0 spiro atoms. The first-order chi connectivity index (χ1) is 30.7. The molecule has 0 atom stereocenters. The molecule has 3 aromatic heterocycles. The number of nitrogens with two attached hydrogens (primary N) is 1. The highest BCUT2D eigenvalue weighted by Gasteiger charge is 2.17. The number of thiazole rings is 3. The van der Waals surface area contributed by atoms with Gasteiger partial charge in [0.25, 0.3) is 15.7 Å². The number of aryl methyl sites for hydroxylation is 6.